The number of fused-ring (bicyclic) bond motifs is 3. The highest BCUT2D eigenvalue weighted by atomic mass is 32.2. The van der Waals surface area contributed by atoms with Gasteiger partial charge in [0.25, 0.3) is 5.91 Å². The van der Waals surface area contributed by atoms with Crippen molar-refractivity contribution >= 4 is 37.7 Å². The van der Waals surface area contributed by atoms with Crippen LogP contribution >= 0.6 is 0 Å². The third kappa shape index (κ3) is 3.44. The Morgan fingerprint density at radius 2 is 1.90 bits per heavy atom. The van der Waals surface area contributed by atoms with Crippen LogP contribution in [0.4, 0.5) is 0 Å². The Hall–Kier alpha value is -3.24. The largest absolute Gasteiger partial charge is 0.354 e. The minimum Gasteiger partial charge on any atom is -0.354 e. The Bertz CT molecular complexity index is 1320. The van der Waals surface area contributed by atoms with Gasteiger partial charge in [-0.05, 0) is 42.8 Å². The normalized spacial score (nSPS) is 11.9. The van der Waals surface area contributed by atoms with Gasteiger partial charge in [-0.1, -0.05) is 13.3 Å². The SMILES string of the molecule is CCCCNS(=O)(=O)c1ccc(-n2nc(C(=O)NC)c3ccc4[nH]ncc4c32)cc1. The smallest absolute Gasteiger partial charge is 0.272 e. The lowest BCUT2D eigenvalue weighted by Crippen LogP contribution is -2.24. The number of unbranched alkanes of at least 4 members (excludes halogenated alkanes) is 1. The molecular weight excluding hydrogens is 404 g/mol. The lowest BCUT2D eigenvalue weighted by atomic mass is 10.1. The summed E-state index contributed by atoms with van der Waals surface area (Å²) in [5.41, 5.74) is 2.45. The Labute approximate surface area is 173 Å². The van der Waals surface area contributed by atoms with Gasteiger partial charge in [-0.2, -0.15) is 10.2 Å². The molecule has 0 aliphatic carbocycles. The maximum absolute atomic E-state index is 12.4. The van der Waals surface area contributed by atoms with Gasteiger partial charge in [0.15, 0.2) is 5.69 Å². The number of carbonyl (C=O) groups excluding carboxylic acids is 1. The molecule has 0 atom stereocenters. The summed E-state index contributed by atoms with van der Waals surface area (Å²) in [5, 5.41) is 15.6. The number of sulfonamides is 1. The highest BCUT2D eigenvalue weighted by Gasteiger charge is 2.20. The quantitative estimate of drug-likeness (QED) is 0.392. The van der Waals surface area contributed by atoms with Crippen molar-refractivity contribution in [2.75, 3.05) is 13.6 Å². The topological polar surface area (TPSA) is 122 Å². The van der Waals surface area contributed by atoms with Crippen molar-refractivity contribution in [1.29, 1.82) is 0 Å². The third-order valence-corrected chi connectivity index (χ3v) is 6.40. The predicted octanol–water partition coefficient (Wildman–Crippen LogP) is 2.34. The molecule has 0 aliphatic heterocycles. The fraction of sp³-hybridized carbons (Fsp3) is 0.250. The van der Waals surface area contributed by atoms with Gasteiger partial charge in [-0.3, -0.25) is 9.89 Å². The molecule has 30 heavy (non-hydrogen) atoms. The van der Waals surface area contributed by atoms with E-state index in [0.717, 1.165) is 29.3 Å². The molecule has 0 spiro atoms. The maximum atomic E-state index is 12.4. The monoisotopic (exact) mass is 426 g/mol. The lowest BCUT2D eigenvalue weighted by molar-refractivity contribution is 0.0959. The number of nitrogens with zero attached hydrogens (tertiary/aromatic N) is 3. The second-order valence-electron chi connectivity index (χ2n) is 6.88. The van der Waals surface area contributed by atoms with Gasteiger partial charge in [0.2, 0.25) is 10.0 Å². The zero-order valence-corrected chi connectivity index (χ0v) is 17.5. The van der Waals surface area contributed by atoms with Crippen LogP contribution in [-0.2, 0) is 10.0 Å². The summed E-state index contributed by atoms with van der Waals surface area (Å²) in [6.45, 7) is 2.40. The first-order valence-electron chi connectivity index (χ1n) is 9.63. The highest BCUT2D eigenvalue weighted by Crippen LogP contribution is 2.29. The van der Waals surface area contributed by atoms with Gasteiger partial charge in [0.05, 0.1) is 27.8 Å². The van der Waals surface area contributed by atoms with E-state index in [1.54, 1.807) is 30.1 Å². The number of amides is 1. The van der Waals surface area contributed by atoms with Crippen molar-refractivity contribution < 1.29 is 13.2 Å². The Morgan fingerprint density at radius 1 is 1.13 bits per heavy atom. The fourth-order valence-electron chi connectivity index (χ4n) is 3.33. The van der Waals surface area contributed by atoms with Crippen molar-refractivity contribution in [3.05, 3.63) is 48.3 Å². The average Bonchev–Trinajstić information content (AvgIpc) is 3.37. The van der Waals surface area contributed by atoms with E-state index in [1.807, 2.05) is 19.1 Å². The van der Waals surface area contributed by atoms with Crippen molar-refractivity contribution in [2.45, 2.75) is 24.7 Å². The minimum absolute atomic E-state index is 0.179. The molecule has 0 bridgehead atoms. The van der Waals surface area contributed by atoms with Crippen LogP contribution < -0.4 is 10.0 Å². The summed E-state index contributed by atoms with van der Waals surface area (Å²) in [7, 11) is -2.02. The van der Waals surface area contributed by atoms with E-state index in [-0.39, 0.29) is 16.5 Å². The van der Waals surface area contributed by atoms with Crippen LogP contribution in [-0.4, -0.2) is 47.9 Å². The van der Waals surface area contributed by atoms with Crippen molar-refractivity contribution in [2.24, 2.45) is 0 Å². The number of benzene rings is 2. The summed E-state index contributed by atoms with van der Waals surface area (Å²) >= 11 is 0. The Kier molecular flexibility index (Phi) is 5.27. The number of hydrogen-bond acceptors (Lipinski definition) is 5. The molecule has 4 rings (SSSR count). The van der Waals surface area contributed by atoms with E-state index in [0.29, 0.717) is 17.6 Å². The van der Waals surface area contributed by atoms with Crippen molar-refractivity contribution in [1.82, 2.24) is 30.0 Å². The summed E-state index contributed by atoms with van der Waals surface area (Å²) < 4.78 is 29.1. The van der Waals surface area contributed by atoms with Crippen LogP contribution in [0.25, 0.3) is 27.5 Å². The van der Waals surface area contributed by atoms with Crippen LogP contribution in [0, 0.1) is 0 Å². The molecule has 0 fully saturated rings. The van der Waals surface area contributed by atoms with Crippen molar-refractivity contribution in [3.8, 4) is 5.69 Å². The maximum Gasteiger partial charge on any atom is 0.272 e. The van der Waals surface area contributed by atoms with Gasteiger partial charge in [0, 0.05) is 24.4 Å². The van der Waals surface area contributed by atoms with Crippen LogP contribution in [0.2, 0.25) is 0 Å². The minimum atomic E-state index is -3.57. The molecule has 2 aromatic carbocycles. The Morgan fingerprint density at radius 3 is 2.60 bits per heavy atom. The fourth-order valence-corrected chi connectivity index (χ4v) is 4.41. The number of rotatable bonds is 7. The summed E-state index contributed by atoms with van der Waals surface area (Å²) in [6.07, 6.45) is 3.36. The van der Waals surface area contributed by atoms with Gasteiger partial charge >= 0.3 is 0 Å². The average molecular weight is 427 g/mol. The van der Waals surface area contributed by atoms with Gasteiger partial charge in [-0.15, -0.1) is 0 Å². The first kappa shape index (κ1) is 20.0. The molecule has 0 unspecified atom stereocenters. The van der Waals surface area contributed by atoms with Crippen LogP contribution in [0.3, 0.4) is 0 Å². The van der Waals surface area contributed by atoms with E-state index >= 15 is 0 Å². The van der Waals surface area contributed by atoms with Crippen LogP contribution in [0.1, 0.15) is 30.3 Å². The second kappa shape index (κ2) is 7.88. The first-order valence-corrected chi connectivity index (χ1v) is 11.1. The highest BCUT2D eigenvalue weighted by molar-refractivity contribution is 7.89. The molecule has 3 N–H and O–H groups in total. The van der Waals surface area contributed by atoms with Crippen molar-refractivity contribution in [3.63, 3.8) is 0 Å². The number of hydrogen-bond donors (Lipinski definition) is 3. The van der Waals surface area contributed by atoms with Gasteiger partial charge in [-0.25, -0.2) is 17.8 Å². The first-order chi connectivity index (χ1) is 14.5. The molecule has 2 heterocycles. The third-order valence-electron chi connectivity index (χ3n) is 4.92. The van der Waals surface area contributed by atoms with Crippen LogP contribution in [0.5, 0.6) is 0 Å². The molecule has 0 saturated heterocycles. The lowest BCUT2D eigenvalue weighted by Gasteiger charge is -2.08. The molecule has 4 aromatic rings. The number of H-pyrrole nitrogens is 1. The van der Waals surface area contributed by atoms with E-state index in [4.69, 9.17) is 0 Å². The molecule has 10 heteroatoms. The number of aromatic nitrogens is 4. The number of carbonyl (C=O) groups is 1. The van der Waals surface area contributed by atoms with E-state index < -0.39 is 10.0 Å². The Balaban J connectivity index is 1.81. The molecule has 2 aromatic heterocycles. The molecule has 156 valence electrons. The van der Waals surface area contributed by atoms with Crippen LogP contribution in [0.15, 0.2) is 47.5 Å². The zero-order valence-electron chi connectivity index (χ0n) is 16.6. The second-order valence-corrected chi connectivity index (χ2v) is 8.64. The standard InChI is InChI=1S/C20H22N6O3S/c1-3-4-11-23-30(28,29)14-7-5-13(6-8-14)26-19-15(18(25-26)20(27)21-2)9-10-17-16(19)12-22-24-17/h5-10,12,23H,3-4,11H2,1-2H3,(H,21,27)(H,22,24). The summed E-state index contributed by atoms with van der Waals surface area (Å²) in [6, 6.07) is 10.1. The van der Waals surface area contributed by atoms with E-state index in [2.05, 4.69) is 25.3 Å². The molecule has 9 nitrogen and oxygen atoms in total. The summed E-state index contributed by atoms with van der Waals surface area (Å²) in [5.74, 6) is -0.305. The predicted molar refractivity (Wildman–Crippen MR) is 114 cm³/mol. The molecular formula is C20H22N6O3S. The number of nitrogens with one attached hydrogen (secondary N) is 3. The van der Waals surface area contributed by atoms with Gasteiger partial charge in [0.1, 0.15) is 0 Å². The number of aromatic amines is 1. The van der Waals surface area contributed by atoms with Gasteiger partial charge < -0.3 is 5.32 Å². The van der Waals surface area contributed by atoms with E-state index in [9.17, 15) is 13.2 Å². The van der Waals surface area contributed by atoms with E-state index in [1.165, 1.54) is 12.1 Å². The molecule has 0 radical (unpaired) electrons. The molecule has 0 saturated carbocycles. The molecule has 0 aliphatic rings. The zero-order chi connectivity index (χ0) is 21.3. The summed E-state index contributed by atoms with van der Waals surface area (Å²) in [4.78, 5) is 12.5. The molecule has 1 amide bonds.